The number of thioether (sulfide) groups is 2. The van der Waals surface area contributed by atoms with Gasteiger partial charge in [-0.1, -0.05) is 65.8 Å². The molecule has 5 nitrogen and oxygen atoms in total. The zero-order valence-corrected chi connectivity index (χ0v) is 19.8. The molecule has 0 aliphatic rings. The van der Waals surface area contributed by atoms with Crippen LogP contribution in [0.1, 0.15) is 11.4 Å². The average molecular weight is 481 g/mol. The molecule has 4 aromatic rings. The lowest BCUT2D eigenvalue weighted by atomic mass is 10.2. The summed E-state index contributed by atoms with van der Waals surface area (Å²) in [6.07, 6.45) is 0. The molecule has 8 heteroatoms. The number of carbonyl (C=O) groups is 1. The van der Waals surface area contributed by atoms with Crippen LogP contribution >= 0.6 is 35.1 Å². The molecule has 1 heterocycles. The lowest BCUT2D eigenvalue weighted by molar-refractivity contribution is -0.113. The highest BCUT2D eigenvalue weighted by atomic mass is 35.5. The molecule has 0 unspecified atom stereocenters. The van der Waals surface area contributed by atoms with E-state index in [9.17, 15) is 4.79 Å². The van der Waals surface area contributed by atoms with E-state index < -0.39 is 0 Å². The first-order valence-corrected chi connectivity index (χ1v) is 12.3. The summed E-state index contributed by atoms with van der Waals surface area (Å²) in [6.45, 7) is 1.92. The topological polar surface area (TPSA) is 59.8 Å². The first kappa shape index (κ1) is 22.5. The van der Waals surface area contributed by atoms with Gasteiger partial charge >= 0.3 is 0 Å². The second kappa shape index (κ2) is 10.7. The van der Waals surface area contributed by atoms with Crippen molar-refractivity contribution in [1.82, 2.24) is 14.8 Å². The summed E-state index contributed by atoms with van der Waals surface area (Å²) in [5.41, 5.74) is 2.61. The minimum atomic E-state index is -0.127. The summed E-state index contributed by atoms with van der Waals surface area (Å²) < 4.78 is 2.01. The third-order valence-corrected chi connectivity index (χ3v) is 6.96. The zero-order chi connectivity index (χ0) is 22.3. The maximum absolute atomic E-state index is 12.5. The Balaban J connectivity index is 1.48. The fourth-order valence-electron chi connectivity index (χ4n) is 2.99. The number of aryl methyl sites for hydroxylation is 1. The van der Waals surface area contributed by atoms with Crippen LogP contribution in [-0.2, 0) is 10.5 Å². The van der Waals surface area contributed by atoms with Crippen molar-refractivity contribution < 1.29 is 4.79 Å². The van der Waals surface area contributed by atoms with Gasteiger partial charge in [0.05, 0.1) is 11.5 Å². The predicted octanol–water partition coefficient (Wildman–Crippen LogP) is 6.25. The average Bonchev–Trinajstić information content (AvgIpc) is 3.23. The van der Waals surface area contributed by atoms with Gasteiger partial charge in [0.25, 0.3) is 0 Å². The van der Waals surface area contributed by atoms with Gasteiger partial charge in [0.15, 0.2) is 5.16 Å². The first-order chi connectivity index (χ1) is 15.6. The van der Waals surface area contributed by atoms with E-state index in [2.05, 4.69) is 27.6 Å². The number of benzene rings is 3. The summed E-state index contributed by atoms with van der Waals surface area (Å²) in [5.74, 6) is 1.58. The number of nitrogens with zero attached hydrogens (tertiary/aromatic N) is 3. The molecule has 162 valence electrons. The van der Waals surface area contributed by atoms with E-state index in [-0.39, 0.29) is 11.7 Å². The van der Waals surface area contributed by atoms with E-state index in [1.54, 1.807) is 17.8 Å². The Hall–Kier alpha value is -2.74. The van der Waals surface area contributed by atoms with Crippen molar-refractivity contribution in [3.8, 4) is 5.69 Å². The smallest absolute Gasteiger partial charge is 0.234 e. The maximum atomic E-state index is 12.5. The van der Waals surface area contributed by atoms with Gasteiger partial charge in [-0.3, -0.25) is 9.36 Å². The Kier molecular flexibility index (Phi) is 7.52. The minimum Gasteiger partial charge on any atom is -0.325 e. The third-order valence-electron chi connectivity index (χ3n) is 4.61. The van der Waals surface area contributed by atoms with Crippen LogP contribution in [0, 0.1) is 6.92 Å². The molecule has 1 N–H and O–H groups in total. The van der Waals surface area contributed by atoms with Crippen molar-refractivity contribution in [1.29, 1.82) is 0 Å². The summed E-state index contributed by atoms with van der Waals surface area (Å²) in [4.78, 5) is 13.7. The van der Waals surface area contributed by atoms with Crippen molar-refractivity contribution in [2.45, 2.75) is 22.7 Å². The Bertz CT molecular complexity index is 1200. The molecule has 0 spiro atoms. The summed E-state index contributed by atoms with van der Waals surface area (Å²) >= 11 is 9.21. The SMILES string of the molecule is Cc1ccc(NC(=O)CSc2nnc(CSc3ccccc3)n2-c2ccccc2)cc1Cl. The Morgan fingerprint density at radius 2 is 1.69 bits per heavy atom. The molecule has 32 heavy (non-hydrogen) atoms. The van der Waals surface area contributed by atoms with Gasteiger partial charge in [-0.2, -0.15) is 0 Å². The van der Waals surface area contributed by atoms with Crippen molar-refractivity contribution in [2.24, 2.45) is 0 Å². The van der Waals surface area contributed by atoms with Crippen LogP contribution in [0.4, 0.5) is 5.69 Å². The van der Waals surface area contributed by atoms with Crippen LogP contribution in [0.5, 0.6) is 0 Å². The monoisotopic (exact) mass is 480 g/mol. The molecule has 0 aliphatic carbocycles. The van der Waals surface area contributed by atoms with Crippen LogP contribution in [0.3, 0.4) is 0 Å². The van der Waals surface area contributed by atoms with E-state index in [0.29, 0.717) is 21.6 Å². The fraction of sp³-hybridized carbons (Fsp3) is 0.125. The van der Waals surface area contributed by atoms with Gasteiger partial charge in [-0.05, 0) is 48.9 Å². The first-order valence-electron chi connectivity index (χ1n) is 9.96. The van der Waals surface area contributed by atoms with Crippen LogP contribution in [0.15, 0.2) is 88.9 Å². The minimum absolute atomic E-state index is 0.127. The van der Waals surface area contributed by atoms with Gasteiger partial charge in [0, 0.05) is 21.3 Å². The Labute approximate surface area is 200 Å². The predicted molar refractivity (Wildman–Crippen MR) is 133 cm³/mol. The number of nitrogens with one attached hydrogen (secondary N) is 1. The number of halogens is 1. The van der Waals surface area contributed by atoms with Gasteiger partial charge < -0.3 is 5.32 Å². The van der Waals surface area contributed by atoms with E-state index >= 15 is 0 Å². The standard InChI is InChI=1S/C24H21ClN4OS2/c1-17-12-13-18(14-21(17)25)26-23(30)16-32-24-28-27-22(15-31-20-10-6-3-7-11-20)29(24)19-8-4-2-5-9-19/h2-14H,15-16H2,1H3,(H,26,30). The number of anilines is 1. The van der Waals surface area contributed by atoms with Gasteiger partial charge in [0.2, 0.25) is 5.91 Å². The van der Waals surface area contributed by atoms with Crippen molar-refractivity contribution in [2.75, 3.05) is 11.1 Å². The second-order valence-electron chi connectivity index (χ2n) is 6.97. The van der Waals surface area contributed by atoms with Crippen molar-refractivity contribution in [3.05, 3.63) is 95.3 Å². The molecule has 1 amide bonds. The van der Waals surface area contributed by atoms with E-state index in [1.807, 2.05) is 72.2 Å². The number of aromatic nitrogens is 3. The van der Waals surface area contributed by atoms with Crippen molar-refractivity contribution in [3.63, 3.8) is 0 Å². The molecule has 3 aromatic carbocycles. The van der Waals surface area contributed by atoms with Crippen LogP contribution in [-0.4, -0.2) is 26.4 Å². The molecule has 0 saturated heterocycles. The van der Waals surface area contributed by atoms with Crippen molar-refractivity contribution >= 4 is 46.7 Å². The summed E-state index contributed by atoms with van der Waals surface area (Å²) in [7, 11) is 0. The van der Waals surface area contributed by atoms with E-state index in [4.69, 9.17) is 11.6 Å². The van der Waals surface area contributed by atoms with Gasteiger partial charge in [-0.25, -0.2) is 0 Å². The molecule has 0 atom stereocenters. The number of rotatable bonds is 8. The maximum Gasteiger partial charge on any atom is 0.234 e. The van der Waals surface area contributed by atoms with E-state index in [1.165, 1.54) is 16.7 Å². The van der Waals surface area contributed by atoms with Crippen LogP contribution < -0.4 is 5.32 Å². The lowest BCUT2D eigenvalue weighted by Crippen LogP contribution is -2.14. The number of hydrogen-bond donors (Lipinski definition) is 1. The molecule has 0 saturated carbocycles. The molecular weight excluding hydrogens is 460 g/mol. The molecule has 0 aliphatic heterocycles. The molecule has 0 fully saturated rings. The fourth-order valence-corrected chi connectivity index (χ4v) is 4.77. The largest absolute Gasteiger partial charge is 0.325 e. The molecule has 4 rings (SSSR count). The van der Waals surface area contributed by atoms with Gasteiger partial charge in [-0.15, -0.1) is 22.0 Å². The Morgan fingerprint density at radius 1 is 0.969 bits per heavy atom. The molecule has 0 radical (unpaired) electrons. The van der Waals surface area contributed by atoms with Gasteiger partial charge in [0.1, 0.15) is 5.82 Å². The number of hydrogen-bond acceptors (Lipinski definition) is 5. The summed E-state index contributed by atoms with van der Waals surface area (Å²) in [5, 5.41) is 13.0. The van der Waals surface area contributed by atoms with E-state index in [0.717, 1.165) is 17.1 Å². The van der Waals surface area contributed by atoms with Crippen LogP contribution in [0.25, 0.3) is 5.69 Å². The quantitative estimate of drug-likeness (QED) is 0.302. The normalized spacial score (nSPS) is 10.8. The molecular formula is C24H21ClN4OS2. The highest BCUT2D eigenvalue weighted by molar-refractivity contribution is 7.99. The molecule has 1 aromatic heterocycles. The highest BCUT2D eigenvalue weighted by Gasteiger charge is 2.16. The number of carbonyl (C=O) groups excluding carboxylic acids is 1. The highest BCUT2D eigenvalue weighted by Crippen LogP contribution is 2.27. The van der Waals surface area contributed by atoms with Crippen LogP contribution in [0.2, 0.25) is 5.02 Å². The molecule has 0 bridgehead atoms. The Morgan fingerprint density at radius 3 is 2.41 bits per heavy atom. The summed E-state index contributed by atoms with van der Waals surface area (Å²) in [6, 6.07) is 25.6. The third kappa shape index (κ3) is 5.73. The second-order valence-corrected chi connectivity index (χ2v) is 9.37. The zero-order valence-electron chi connectivity index (χ0n) is 17.4. The number of para-hydroxylation sites is 1. The number of amides is 1. The lowest BCUT2D eigenvalue weighted by Gasteiger charge is -2.10.